The van der Waals surface area contributed by atoms with E-state index in [1.165, 1.54) is 0 Å². The van der Waals surface area contributed by atoms with E-state index in [-0.39, 0.29) is 5.91 Å². The lowest BCUT2D eigenvalue weighted by atomic mass is 10.1. The van der Waals surface area contributed by atoms with Crippen molar-refractivity contribution in [3.8, 4) is 6.07 Å². The second-order valence-corrected chi connectivity index (χ2v) is 6.72. The number of nitrogens with one attached hydrogen (secondary N) is 1. The van der Waals surface area contributed by atoms with Gasteiger partial charge in [-0.25, -0.2) is 0 Å². The van der Waals surface area contributed by atoms with E-state index in [9.17, 15) is 4.79 Å². The predicted molar refractivity (Wildman–Crippen MR) is 104 cm³/mol. The molecule has 1 N–H and O–H groups in total. The van der Waals surface area contributed by atoms with Gasteiger partial charge in [-0.1, -0.05) is 0 Å². The van der Waals surface area contributed by atoms with Crippen LogP contribution in [0.1, 0.15) is 35.4 Å². The highest BCUT2D eigenvalue weighted by Gasteiger charge is 2.13. The van der Waals surface area contributed by atoms with Crippen LogP contribution < -0.4 is 10.2 Å². The number of carbonyl (C=O) groups excluding carboxylic acids is 1. The maximum atomic E-state index is 12.4. The molecule has 0 unspecified atom stereocenters. The maximum absolute atomic E-state index is 12.4. The lowest BCUT2D eigenvalue weighted by Gasteiger charge is -2.15. The summed E-state index contributed by atoms with van der Waals surface area (Å²) in [5.74, 6) is -0.00530. The van der Waals surface area contributed by atoms with Crippen LogP contribution in [0.15, 0.2) is 18.2 Å². The Labute approximate surface area is 155 Å². The van der Waals surface area contributed by atoms with Crippen LogP contribution in [0.5, 0.6) is 0 Å². The van der Waals surface area contributed by atoms with Gasteiger partial charge in [0.2, 0.25) is 5.91 Å². The fourth-order valence-corrected chi connectivity index (χ4v) is 2.99. The first-order chi connectivity index (χ1) is 12.3. The van der Waals surface area contributed by atoms with Crippen molar-refractivity contribution < 1.29 is 4.79 Å². The molecule has 0 aliphatic heterocycles. The Hall–Kier alpha value is -2.81. The molecule has 0 atom stereocenters. The Morgan fingerprint density at radius 1 is 1.31 bits per heavy atom. The molecule has 0 aliphatic rings. The van der Waals surface area contributed by atoms with Gasteiger partial charge in [-0.15, -0.1) is 0 Å². The fourth-order valence-electron chi connectivity index (χ4n) is 2.99. The molecule has 0 saturated carbocycles. The van der Waals surface area contributed by atoms with Crippen LogP contribution in [0.3, 0.4) is 0 Å². The number of nitriles is 1. The van der Waals surface area contributed by atoms with Gasteiger partial charge in [-0.3, -0.25) is 9.48 Å². The van der Waals surface area contributed by atoms with Gasteiger partial charge in [0.05, 0.1) is 24.7 Å². The first-order valence-corrected chi connectivity index (χ1v) is 8.81. The van der Waals surface area contributed by atoms with Gasteiger partial charge in [-0.2, -0.15) is 10.4 Å². The topological polar surface area (TPSA) is 74.0 Å². The van der Waals surface area contributed by atoms with Crippen LogP contribution in [0, 0.1) is 32.1 Å². The summed E-state index contributed by atoms with van der Waals surface area (Å²) in [5, 5.41) is 16.2. The van der Waals surface area contributed by atoms with E-state index < -0.39 is 0 Å². The van der Waals surface area contributed by atoms with Crippen molar-refractivity contribution in [1.29, 1.82) is 5.26 Å². The number of hydrogen-bond acceptors (Lipinski definition) is 4. The molecule has 1 amide bonds. The van der Waals surface area contributed by atoms with E-state index in [4.69, 9.17) is 5.26 Å². The summed E-state index contributed by atoms with van der Waals surface area (Å²) >= 11 is 0. The number of carbonyl (C=O) groups is 1. The third kappa shape index (κ3) is 4.63. The third-order valence-corrected chi connectivity index (χ3v) is 4.57. The molecular formula is C20H27N5O. The molecule has 0 radical (unpaired) electrons. The minimum absolute atomic E-state index is 0.00530. The molecule has 0 bridgehead atoms. The second-order valence-electron chi connectivity index (χ2n) is 6.72. The Balaban J connectivity index is 1.99. The number of rotatable bonds is 7. The molecule has 6 nitrogen and oxygen atoms in total. The van der Waals surface area contributed by atoms with Crippen LogP contribution >= 0.6 is 0 Å². The average molecular weight is 353 g/mol. The van der Waals surface area contributed by atoms with Crippen LogP contribution in [-0.4, -0.2) is 29.8 Å². The molecule has 2 aromatic rings. The summed E-state index contributed by atoms with van der Waals surface area (Å²) in [6, 6.07) is 8.14. The molecule has 1 aromatic carbocycles. The largest absolute Gasteiger partial charge is 0.378 e. The lowest BCUT2D eigenvalue weighted by molar-refractivity contribution is -0.116. The van der Waals surface area contributed by atoms with E-state index in [1.54, 1.807) is 0 Å². The van der Waals surface area contributed by atoms with Gasteiger partial charge in [0, 0.05) is 37.6 Å². The number of aromatic nitrogens is 2. The van der Waals surface area contributed by atoms with Gasteiger partial charge in [-0.05, 0) is 56.5 Å². The van der Waals surface area contributed by atoms with E-state index in [1.807, 2.05) is 56.6 Å². The van der Waals surface area contributed by atoms with E-state index in [2.05, 4.69) is 22.6 Å². The standard InChI is InChI=1S/C20H27N5O/c1-14-13-17(24(4)5)7-9-19(14)22-20(26)10-8-18-15(2)23-25(16(18)3)12-6-11-21/h7,9,13H,6,8,10,12H2,1-5H3,(H,22,26). The number of anilines is 2. The molecule has 6 heteroatoms. The first-order valence-electron chi connectivity index (χ1n) is 8.81. The van der Waals surface area contributed by atoms with Crippen LogP contribution in [0.4, 0.5) is 11.4 Å². The highest BCUT2D eigenvalue weighted by Crippen LogP contribution is 2.22. The van der Waals surface area contributed by atoms with E-state index in [0.717, 1.165) is 33.9 Å². The Morgan fingerprint density at radius 3 is 2.65 bits per heavy atom. The summed E-state index contributed by atoms with van der Waals surface area (Å²) < 4.78 is 1.86. The zero-order valence-electron chi connectivity index (χ0n) is 16.3. The molecule has 0 saturated heterocycles. The summed E-state index contributed by atoms with van der Waals surface area (Å²) in [6.07, 6.45) is 1.48. The highest BCUT2D eigenvalue weighted by molar-refractivity contribution is 5.91. The van der Waals surface area contributed by atoms with Crippen LogP contribution in [-0.2, 0) is 17.8 Å². The number of hydrogen-bond donors (Lipinski definition) is 1. The summed E-state index contributed by atoms with van der Waals surface area (Å²) in [7, 11) is 3.99. The molecule has 26 heavy (non-hydrogen) atoms. The quantitative estimate of drug-likeness (QED) is 0.828. The molecule has 0 aliphatic carbocycles. The van der Waals surface area contributed by atoms with Gasteiger partial charge >= 0.3 is 0 Å². The molecular weight excluding hydrogens is 326 g/mol. The lowest BCUT2D eigenvalue weighted by Crippen LogP contribution is -2.14. The number of benzene rings is 1. The maximum Gasteiger partial charge on any atom is 0.224 e. The average Bonchev–Trinajstić information content (AvgIpc) is 2.86. The Morgan fingerprint density at radius 2 is 2.04 bits per heavy atom. The highest BCUT2D eigenvalue weighted by atomic mass is 16.1. The zero-order chi connectivity index (χ0) is 19.3. The molecule has 2 rings (SSSR count). The van der Waals surface area contributed by atoms with Gasteiger partial charge in [0.1, 0.15) is 0 Å². The predicted octanol–water partition coefficient (Wildman–Crippen LogP) is 3.36. The van der Waals surface area contributed by atoms with Crippen LogP contribution in [0.25, 0.3) is 0 Å². The SMILES string of the molecule is Cc1cc(N(C)C)ccc1NC(=O)CCc1c(C)nn(CCC#N)c1C. The van der Waals surface area contributed by atoms with E-state index in [0.29, 0.717) is 25.8 Å². The number of nitrogens with zero attached hydrogens (tertiary/aromatic N) is 4. The fraction of sp³-hybridized carbons (Fsp3) is 0.450. The van der Waals surface area contributed by atoms with Crippen molar-refractivity contribution in [2.24, 2.45) is 0 Å². The minimum atomic E-state index is -0.00530. The summed E-state index contributed by atoms with van der Waals surface area (Å²) in [4.78, 5) is 14.4. The van der Waals surface area contributed by atoms with Crippen molar-refractivity contribution in [1.82, 2.24) is 9.78 Å². The van der Waals surface area contributed by atoms with Crippen molar-refractivity contribution in [3.63, 3.8) is 0 Å². The second kappa shape index (κ2) is 8.52. The molecule has 0 fully saturated rings. The molecule has 138 valence electrons. The molecule has 1 aromatic heterocycles. The van der Waals surface area contributed by atoms with Crippen molar-refractivity contribution in [2.45, 2.75) is 46.6 Å². The van der Waals surface area contributed by atoms with E-state index >= 15 is 0 Å². The van der Waals surface area contributed by atoms with Gasteiger partial charge in [0.25, 0.3) is 0 Å². The smallest absolute Gasteiger partial charge is 0.224 e. The molecule has 1 heterocycles. The van der Waals surface area contributed by atoms with Crippen LogP contribution in [0.2, 0.25) is 0 Å². The minimum Gasteiger partial charge on any atom is -0.378 e. The van der Waals surface area contributed by atoms with Gasteiger partial charge in [0.15, 0.2) is 0 Å². The number of aryl methyl sites for hydroxylation is 3. The zero-order valence-corrected chi connectivity index (χ0v) is 16.3. The number of amides is 1. The third-order valence-electron chi connectivity index (χ3n) is 4.57. The van der Waals surface area contributed by atoms with Crippen molar-refractivity contribution in [3.05, 3.63) is 40.7 Å². The summed E-state index contributed by atoms with van der Waals surface area (Å²) in [5.41, 5.74) is 6.06. The summed E-state index contributed by atoms with van der Waals surface area (Å²) in [6.45, 7) is 6.53. The Kier molecular flexibility index (Phi) is 6.40. The first kappa shape index (κ1) is 19.5. The van der Waals surface area contributed by atoms with Gasteiger partial charge < -0.3 is 10.2 Å². The van der Waals surface area contributed by atoms with Crippen molar-refractivity contribution >= 4 is 17.3 Å². The monoisotopic (exact) mass is 353 g/mol. The molecule has 0 spiro atoms. The van der Waals surface area contributed by atoms with Crippen molar-refractivity contribution in [2.75, 3.05) is 24.3 Å². The Bertz CT molecular complexity index is 829. The normalized spacial score (nSPS) is 10.5.